The summed E-state index contributed by atoms with van der Waals surface area (Å²) in [6.45, 7) is 8.11. The van der Waals surface area contributed by atoms with Crippen LogP contribution in [0.3, 0.4) is 0 Å². The van der Waals surface area contributed by atoms with Gasteiger partial charge < -0.3 is 5.73 Å². The summed E-state index contributed by atoms with van der Waals surface area (Å²) in [6, 6.07) is 0. The van der Waals surface area contributed by atoms with Gasteiger partial charge in [-0.25, -0.2) is 0 Å². The third kappa shape index (κ3) is 2.14. The molecular formula is C13H26N2S. The summed E-state index contributed by atoms with van der Waals surface area (Å²) in [5, 5.41) is 0.720. The SMILES string of the molecule is CCCC1CCN(C2(CN)CCSC2C)C1. The molecule has 0 saturated carbocycles. The Balaban J connectivity index is 2.01. The lowest BCUT2D eigenvalue weighted by atomic mass is 9.90. The van der Waals surface area contributed by atoms with Gasteiger partial charge in [0.1, 0.15) is 0 Å². The molecule has 2 fully saturated rings. The Labute approximate surface area is 104 Å². The molecule has 0 aromatic carbocycles. The molecule has 3 unspecified atom stereocenters. The van der Waals surface area contributed by atoms with Crippen molar-refractivity contribution in [1.82, 2.24) is 4.90 Å². The molecule has 3 heteroatoms. The highest BCUT2D eigenvalue weighted by Gasteiger charge is 2.46. The van der Waals surface area contributed by atoms with Gasteiger partial charge in [-0.2, -0.15) is 11.8 Å². The standard InChI is InChI=1S/C13H26N2S/c1-3-4-12-5-7-15(9-12)13(10-14)6-8-16-11(13)2/h11-12H,3-10,14H2,1-2H3. The highest BCUT2D eigenvalue weighted by molar-refractivity contribution is 8.00. The van der Waals surface area contributed by atoms with Crippen molar-refractivity contribution in [3.05, 3.63) is 0 Å². The highest BCUT2D eigenvalue weighted by atomic mass is 32.2. The van der Waals surface area contributed by atoms with E-state index in [1.807, 2.05) is 0 Å². The minimum Gasteiger partial charge on any atom is -0.329 e. The molecule has 0 radical (unpaired) electrons. The first kappa shape index (κ1) is 12.7. The van der Waals surface area contributed by atoms with Crippen LogP contribution in [0, 0.1) is 5.92 Å². The number of nitrogens with two attached hydrogens (primary N) is 1. The zero-order chi connectivity index (χ0) is 11.6. The molecule has 2 N–H and O–H groups in total. The van der Waals surface area contributed by atoms with Crippen LogP contribution < -0.4 is 5.73 Å². The van der Waals surface area contributed by atoms with Crippen LogP contribution in [-0.2, 0) is 0 Å². The smallest absolute Gasteiger partial charge is 0.0455 e. The van der Waals surface area contributed by atoms with Gasteiger partial charge in [-0.1, -0.05) is 20.3 Å². The topological polar surface area (TPSA) is 29.3 Å². The molecule has 2 aliphatic heterocycles. The second kappa shape index (κ2) is 5.28. The Hall–Kier alpha value is 0.270. The van der Waals surface area contributed by atoms with E-state index in [4.69, 9.17) is 5.73 Å². The molecule has 0 aliphatic carbocycles. The van der Waals surface area contributed by atoms with Gasteiger partial charge in [0.05, 0.1) is 0 Å². The van der Waals surface area contributed by atoms with Crippen LogP contribution in [0.2, 0.25) is 0 Å². The predicted octanol–water partition coefficient (Wildman–Crippen LogP) is 2.33. The van der Waals surface area contributed by atoms with Crippen molar-refractivity contribution in [2.24, 2.45) is 11.7 Å². The lowest BCUT2D eigenvalue weighted by molar-refractivity contribution is 0.122. The monoisotopic (exact) mass is 242 g/mol. The van der Waals surface area contributed by atoms with Gasteiger partial charge in [0.25, 0.3) is 0 Å². The summed E-state index contributed by atoms with van der Waals surface area (Å²) in [4.78, 5) is 2.72. The molecule has 2 nitrogen and oxygen atoms in total. The molecule has 0 spiro atoms. The number of hydrogen-bond acceptors (Lipinski definition) is 3. The van der Waals surface area contributed by atoms with Crippen molar-refractivity contribution in [3.63, 3.8) is 0 Å². The van der Waals surface area contributed by atoms with Crippen LogP contribution in [0.4, 0.5) is 0 Å². The van der Waals surface area contributed by atoms with E-state index in [1.165, 1.54) is 44.5 Å². The Morgan fingerprint density at radius 1 is 1.50 bits per heavy atom. The van der Waals surface area contributed by atoms with Crippen LogP contribution in [0.25, 0.3) is 0 Å². The maximum absolute atomic E-state index is 6.10. The van der Waals surface area contributed by atoms with E-state index >= 15 is 0 Å². The lowest BCUT2D eigenvalue weighted by Gasteiger charge is -2.41. The fourth-order valence-electron chi connectivity index (χ4n) is 3.46. The molecule has 16 heavy (non-hydrogen) atoms. The summed E-state index contributed by atoms with van der Waals surface area (Å²) >= 11 is 2.11. The second-order valence-corrected chi connectivity index (χ2v) is 6.91. The molecule has 0 aromatic heterocycles. The van der Waals surface area contributed by atoms with Crippen molar-refractivity contribution >= 4 is 11.8 Å². The van der Waals surface area contributed by atoms with Crippen LogP contribution >= 0.6 is 11.8 Å². The Morgan fingerprint density at radius 3 is 2.88 bits per heavy atom. The number of nitrogens with zero attached hydrogens (tertiary/aromatic N) is 1. The number of hydrogen-bond donors (Lipinski definition) is 1. The normalized spacial score (nSPS) is 40.7. The largest absolute Gasteiger partial charge is 0.329 e. The number of rotatable bonds is 4. The van der Waals surface area contributed by atoms with Crippen molar-refractivity contribution < 1.29 is 0 Å². The maximum atomic E-state index is 6.10. The zero-order valence-electron chi connectivity index (χ0n) is 10.7. The van der Waals surface area contributed by atoms with Gasteiger partial charge in [0, 0.05) is 23.9 Å². The molecule has 2 saturated heterocycles. The van der Waals surface area contributed by atoms with Gasteiger partial charge in [-0.05, 0) is 37.5 Å². The lowest BCUT2D eigenvalue weighted by Crippen LogP contribution is -2.56. The van der Waals surface area contributed by atoms with Crippen molar-refractivity contribution in [2.75, 3.05) is 25.4 Å². The van der Waals surface area contributed by atoms with E-state index in [9.17, 15) is 0 Å². The van der Waals surface area contributed by atoms with E-state index in [2.05, 4.69) is 30.5 Å². The van der Waals surface area contributed by atoms with Crippen LogP contribution in [0.5, 0.6) is 0 Å². The molecule has 2 heterocycles. The Kier molecular flexibility index (Phi) is 4.20. The minimum absolute atomic E-state index is 0.327. The van der Waals surface area contributed by atoms with E-state index in [0.29, 0.717) is 5.54 Å². The van der Waals surface area contributed by atoms with E-state index in [0.717, 1.165) is 17.7 Å². The van der Waals surface area contributed by atoms with Gasteiger partial charge in [-0.3, -0.25) is 4.90 Å². The van der Waals surface area contributed by atoms with E-state index in [1.54, 1.807) is 0 Å². The van der Waals surface area contributed by atoms with E-state index in [-0.39, 0.29) is 0 Å². The van der Waals surface area contributed by atoms with Crippen molar-refractivity contribution in [2.45, 2.75) is 50.3 Å². The van der Waals surface area contributed by atoms with Crippen LogP contribution in [0.1, 0.15) is 39.5 Å². The minimum atomic E-state index is 0.327. The van der Waals surface area contributed by atoms with Crippen molar-refractivity contribution in [3.8, 4) is 0 Å². The van der Waals surface area contributed by atoms with Gasteiger partial charge in [0.2, 0.25) is 0 Å². The van der Waals surface area contributed by atoms with Gasteiger partial charge >= 0.3 is 0 Å². The maximum Gasteiger partial charge on any atom is 0.0455 e. The summed E-state index contributed by atoms with van der Waals surface area (Å²) in [5.41, 5.74) is 6.43. The van der Waals surface area contributed by atoms with Gasteiger partial charge in [0.15, 0.2) is 0 Å². The molecule has 0 amide bonds. The number of likely N-dealkylation sites (tertiary alicyclic amines) is 1. The fourth-order valence-corrected chi connectivity index (χ4v) is 4.96. The molecule has 0 bridgehead atoms. The van der Waals surface area contributed by atoms with Crippen LogP contribution in [-0.4, -0.2) is 41.1 Å². The molecule has 2 aliphatic rings. The third-order valence-electron chi connectivity index (χ3n) is 4.63. The first-order chi connectivity index (χ1) is 7.73. The average molecular weight is 242 g/mol. The highest BCUT2D eigenvalue weighted by Crippen LogP contribution is 2.42. The molecule has 0 aromatic rings. The molecule has 3 atom stereocenters. The summed E-state index contributed by atoms with van der Waals surface area (Å²) in [7, 11) is 0. The summed E-state index contributed by atoms with van der Waals surface area (Å²) in [5.74, 6) is 2.24. The van der Waals surface area contributed by atoms with Crippen LogP contribution in [0.15, 0.2) is 0 Å². The van der Waals surface area contributed by atoms with Gasteiger partial charge in [-0.15, -0.1) is 0 Å². The third-order valence-corrected chi connectivity index (χ3v) is 6.00. The average Bonchev–Trinajstić information content (AvgIpc) is 2.86. The predicted molar refractivity (Wildman–Crippen MR) is 72.9 cm³/mol. The number of thioether (sulfide) groups is 1. The molecule has 94 valence electrons. The quantitative estimate of drug-likeness (QED) is 0.820. The molecule has 2 rings (SSSR count). The van der Waals surface area contributed by atoms with Crippen molar-refractivity contribution in [1.29, 1.82) is 0 Å². The Morgan fingerprint density at radius 2 is 2.31 bits per heavy atom. The summed E-state index contributed by atoms with van der Waals surface area (Å²) in [6.07, 6.45) is 5.43. The second-order valence-electron chi connectivity index (χ2n) is 5.46. The summed E-state index contributed by atoms with van der Waals surface area (Å²) < 4.78 is 0. The Bertz CT molecular complexity index is 234. The first-order valence-electron chi connectivity index (χ1n) is 6.79. The fraction of sp³-hybridized carbons (Fsp3) is 1.00. The first-order valence-corrected chi connectivity index (χ1v) is 7.84. The zero-order valence-corrected chi connectivity index (χ0v) is 11.6. The van der Waals surface area contributed by atoms with E-state index < -0.39 is 0 Å². The molecular weight excluding hydrogens is 216 g/mol.